The molecule has 3 aromatic rings. The van der Waals surface area contributed by atoms with Crippen molar-refractivity contribution in [2.24, 2.45) is 5.92 Å². The number of methoxy groups -OCH3 is 2. The average molecular weight is 416 g/mol. The van der Waals surface area contributed by atoms with Gasteiger partial charge < -0.3 is 19.7 Å². The van der Waals surface area contributed by atoms with E-state index in [1.54, 1.807) is 44.7 Å². The second-order valence-electron chi connectivity index (χ2n) is 6.92. The summed E-state index contributed by atoms with van der Waals surface area (Å²) in [6.45, 7) is 1.36. The van der Waals surface area contributed by atoms with E-state index in [0.717, 1.165) is 25.0 Å². The van der Waals surface area contributed by atoms with Gasteiger partial charge in [0.1, 0.15) is 11.5 Å². The lowest BCUT2D eigenvalue weighted by molar-refractivity contribution is -0.120. The summed E-state index contributed by atoms with van der Waals surface area (Å²) in [6, 6.07) is 8.92. The Hall–Kier alpha value is -3.00. The summed E-state index contributed by atoms with van der Waals surface area (Å²) in [7, 11) is 3.15. The number of nitrogens with one attached hydrogen (secondary N) is 1. The van der Waals surface area contributed by atoms with Crippen LogP contribution in [0.4, 0.5) is 11.6 Å². The van der Waals surface area contributed by atoms with Crippen LogP contribution in [0.15, 0.2) is 36.5 Å². The van der Waals surface area contributed by atoms with E-state index in [0.29, 0.717) is 34.7 Å². The zero-order valence-electron chi connectivity index (χ0n) is 16.3. The van der Waals surface area contributed by atoms with Crippen LogP contribution >= 0.6 is 11.6 Å². The molecule has 0 aliphatic carbocycles. The molecule has 3 heterocycles. The minimum atomic E-state index is -0.179. The Bertz CT molecular complexity index is 1040. The van der Waals surface area contributed by atoms with Crippen LogP contribution in [0, 0.1) is 5.92 Å². The first-order valence-corrected chi connectivity index (χ1v) is 9.75. The number of aromatic nitrogens is 3. The number of halogens is 1. The second-order valence-corrected chi connectivity index (χ2v) is 7.35. The first-order valence-electron chi connectivity index (χ1n) is 9.37. The van der Waals surface area contributed by atoms with Gasteiger partial charge in [-0.25, -0.2) is 0 Å². The number of ether oxygens (including phenoxy) is 2. The van der Waals surface area contributed by atoms with E-state index in [1.165, 1.54) is 0 Å². The molecule has 29 heavy (non-hydrogen) atoms. The van der Waals surface area contributed by atoms with Gasteiger partial charge >= 0.3 is 0 Å². The topological polar surface area (TPSA) is 81.0 Å². The fourth-order valence-corrected chi connectivity index (χ4v) is 3.74. The van der Waals surface area contributed by atoms with Crippen molar-refractivity contribution in [1.82, 2.24) is 14.6 Å². The second kappa shape index (κ2) is 8.16. The Morgan fingerprint density at radius 2 is 2.07 bits per heavy atom. The maximum Gasteiger partial charge on any atom is 0.231 e. The molecule has 9 heteroatoms. The third-order valence-electron chi connectivity index (χ3n) is 5.09. The van der Waals surface area contributed by atoms with Gasteiger partial charge in [-0.2, -0.15) is 0 Å². The number of benzene rings is 1. The Kier molecular flexibility index (Phi) is 5.44. The Labute approximate surface area is 173 Å². The van der Waals surface area contributed by atoms with Gasteiger partial charge in [-0.15, -0.1) is 10.2 Å². The van der Waals surface area contributed by atoms with Crippen molar-refractivity contribution in [1.29, 1.82) is 0 Å². The van der Waals surface area contributed by atoms with Gasteiger partial charge in [-0.05, 0) is 37.1 Å². The summed E-state index contributed by atoms with van der Waals surface area (Å²) in [5, 5.41) is 12.1. The molecule has 0 unspecified atom stereocenters. The van der Waals surface area contributed by atoms with Crippen molar-refractivity contribution in [3.05, 3.63) is 41.6 Å². The van der Waals surface area contributed by atoms with Crippen LogP contribution in [-0.4, -0.2) is 47.8 Å². The molecule has 4 rings (SSSR count). The smallest absolute Gasteiger partial charge is 0.231 e. The number of amides is 1. The highest BCUT2D eigenvalue weighted by molar-refractivity contribution is 6.30. The predicted octanol–water partition coefficient (Wildman–Crippen LogP) is 3.26. The number of pyridine rings is 1. The molecule has 8 nitrogen and oxygen atoms in total. The summed E-state index contributed by atoms with van der Waals surface area (Å²) in [6.07, 6.45) is 3.48. The number of anilines is 2. The number of hydrogen-bond acceptors (Lipinski definition) is 6. The molecule has 1 aromatic carbocycles. The number of piperidine rings is 1. The maximum absolute atomic E-state index is 12.9. The highest BCUT2D eigenvalue weighted by Gasteiger charge is 2.28. The van der Waals surface area contributed by atoms with Crippen LogP contribution in [0.1, 0.15) is 12.8 Å². The van der Waals surface area contributed by atoms with Gasteiger partial charge in [0.2, 0.25) is 11.9 Å². The minimum Gasteiger partial charge on any atom is -0.497 e. The lowest BCUT2D eigenvalue weighted by Crippen LogP contribution is -2.41. The van der Waals surface area contributed by atoms with E-state index >= 15 is 0 Å². The van der Waals surface area contributed by atoms with Gasteiger partial charge in [0.25, 0.3) is 0 Å². The number of carbonyl (C=O) groups is 1. The minimum absolute atomic E-state index is 0.0509. The van der Waals surface area contributed by atoms with Crippen molar-refractivity contribution < 1.29 is 14.3 Å². The largest absolute Gasteiger partial charge is 0.497 e. The van der Waals surface area contributed by atoms with E-state index in [9.17, 15) is 4.79 Å². The third kappa shape index (κ3) is 3.93. The molecule has 2 aromatic heterocycles. The molecular formula is C20H22ClN5O3. The first-order chi connectivity index (χ1) is 14.1. The molecule has 1 saturated heterocycles. The molecule has 1 aliphatic heterocycles. The van der Waals surface area contributed by atoms with Crippen LogP contribution in [0.2, 0.25) is 5.02 Å². The fraction of sp³-hybridized carbons (Fsp3) is 0.350. The standard InChI is InChI=1S/C20H22ClN5O3/c1-28-15-6-7-16(17(10-15)29-2)22-19(27)13-4-3-9-25(11-13)20-24-23-18-8-5-14(21)12-26(18)20/h5-8,10,12-13H,3-4,9,11H2,1-2H3,(H,22,27)/t13-/m1/s1. The molecule has 1 aliphatic rings. The van der Waals surface area contributed by atoms with Gasteiger partial charge in [0.05, 0.1) is 30.8 Å². The highest BCUT2D eigenvalue weighted by atomic mass is 35.5. The van der Waals surface area contributed by atoms with Crippen LogP contribution in [0.5, 0.6) is 11.5 Å². The fourth-order valence-electron chi connectivity index (χ4n) is 3.58. The summed E-state index contributed by atoms with van der Waals surface area (Å²) in [5.74, 6) is 1.69. The quantitative estimate of drug-likeness (QED) is 0.688. The van der Waals surface area contributed by atoms with E-state index in [4.69, 9.17) is 21.1 Å². The van der Waals surface area contributed by atoms with E-state index in [1.807, 2.05) is 10.5 Å². The first kappa shape index (κ1) is 19.3. The number of carbonyl (C=O) groups excluding carboxylic acids is 1. The lowest BCUT2D eigenvalue weighted by atomic mass is 9.97. The van der Waals surface area contributed by atoms with E-state index < -0.39 is 0 Å². The Balaban J connectivity index is 1.51. The Morgan fingerprint density at radius 1 is 1.21 bits per heavy atom. The number of rotatable bonds is 5. The van der Waals surface area contributed by atoms with Crippen molar-refractivity contribution >= 4 is 34.8 Å². The van der Waals surface area contributed by atoms with Crippen LogP contribution in [0.25, 0.3) is 5.65 Å². The molecule has 0 bridgehead atoms. The summed E-state index contributed by atoms with van der Waals surface area (Å²) < 4.78 is 12.4. The van der Waals surface area contributed by atoms with Crippen LogP contribution in [-0.2, 0) is 4.79 Å². The molecule has 0 radical (unpaired) electrons. The predicted molar refractivity (Wildman–Crippen MR) is 111 cm³/mol. The van der Waals surface area contributed by atoms with Crippen LogP contribution in [0.3, 0.4) is 0 Å². The number of nitrogens with zero attached hydrogens (tertiary/aromatic N) is 4. The van der Waals surface area contributed by atoms with Gasteiger partial charge in [-0.1, -0.05) is 11.6 Å². The molecule has 1 atom stereocenters. The summed E-state index contributed by atoms with van der Waals surface area (Å²) in [5.41, 5.74) is 1.34. The van der Waals surface area contributed by atoms with Gasteiger partial charge in [0, 0.05) is 25.4 Å². The van der Waals surface area contributed by atoms with Crippen molar-refractivity contribution in [2.45, 2.75) is 12.8 Å². The number of fused-ring (bicyclic) bond motifs is 1. The van der Waals surface area contributed by atoms with E-state index in [-0.39, 0.29) is 11.8 Å². The molecule has 152 valence electrons. The molecular weight excluding hydrogens is 394 g/mol. The van der Waals surface area contributed by atoms with Crippen LogP contribution < -0.4 is 19.7 Å². The zero-order chi connectivity index (χ0) is 20.4. The molecule has 0 spiro atoms. The molecule has 1 N–H and O–H groups in total. The van der Waals surface area contributed by atoms with Gasteiger partial charge in [0.15, 0.2) is 5.65 Å². The summed E-state index contributed by atoms with van der Waals surface area (Å²) >= 11 is 6.13. The van der Waals surface area contributed by atoms with Crippen molar-refractivity contribution in [2.75, 3.05) is 37.5 Å². The number of hydrogen-bond donors (Lipinski definition) is 1. The normalized spacial score (nSPS) is 16.7. The third-order valence-corrected chi connectivity index (χ3v) is 5.31. The van der Waals surface area contributed by atoms with Crippen molar-refractivity contribution in [3.63, 3.8) is 0 Å². The monoisotopic (exact) mass is 415 g/mol. The lowest BCUT2D eigenvalue weighted by Gasteiger charge is -2.32. The SMILES string of the molecule is COc1ccc(NC(=O)[C@@H]2CCCN(c3nnc4ccc(Cl)cn34)C2)c(OC)c1. The van der Waals surface area contributed by atoms with E-state index in [2.05, 4.69) is 20.4 Å². The molecule has 1 fully saturated rings. The summed E-state index contributed by atoms with van der Waals surface area (Å²) in [4.78, 5) is 15.0. The molecule has 1 amide bonds. The van der Waals surface area contributed by atoms with Gasteiger partial charge in [-0.3, -0.25) is 9.20 Å². The Morgan fingerprint density at radius 3 is 2.86 bits per heavy atom. The maximum atomic E-state index is 12.9. The highest BCUT2D eigenvalue weighted by Crippen LogP contribution is 2.30. The zero-order valence-corrected chi connectivity index (χ0v) is 17.0. The van der Waals surface area contributed by atoms with Crippen molar-refractivity contribution in [3.8, 4) is 11.5 Å². The average Bonchev–Trinajstić information content (AvgIpc) is 3.17. The molecule has 0 saturated carbocycles.